The Labute approximate surface area is 130 Å². The van der Waals surface area contributed by atoms with E-state index in [2.05, 4.69) is 39.7 Å². The van der Waals surface area contributed by atoms with Crippen LogP contribution in [0.5, 0.6) is 0 Å². The summed E-state index contributed by atoms with van der Waals surface area (Å²) in [6.45, 7) is 1.33. The number of hydrogen-bond acceptors (Lipinski definition) is 3. The molecular formula is C17H22N4O. The molecule has 22 heavy (non-hydrogen) atoms. The van der Waals surface area contributed by atoms with Crippen molar-refractivity contribution in [1.82, 2.24) is 20.1 Å². The lowest BCUT2D eigenvalue weighted by Gasteiger charge is -2.20. The number of benzene rings is 1. The minimum atomic E-state index is 0.214. The van der Waals surface area contributed by atoms with Crippen LogP contribution in [0.15, 0.2) is 36.9 Å². The van der Waals surface area contributed by atoms with Crippen LogP contribution in [0.25, 0.3) is 0 Å². The van der Waals surface area contributed by atoms with Crippen LogP contribution in [0.4, 0.5) is 0 Å². The molecule has 1 heterocycles. The van der Waals surface area contributed by atoms with Gasteiger partial charge >= 0.3 is 0 Å². The lowest BCUT2D eigenvalue weighted by Crippen LogP contribution is -2.31. The second-order valence-electron chi connectivity index (χ2n) is 5.96. The predicted molar refractivity (Wildman–Crippen MR) is 84.0 cm³/mol. The molecule has 0 atom stereocenters. The highest BCUT2D eigenvalue weighted by Gasteiger charge is 2.20. The van der Waals surface area contributed by atoms with Crippen LogP contribution in [0.2, 0.25) is 0 Å². The molecule has 0 spiro atoms. The Morgan fingerprint density at radius 1 is 1.14 bits per heavy atom. The second-order valence-corrected chi connectivity index (χ2v) is 5.96. The van der Waals surface area contributed by atoms with Gasteiger partial charge in [0.05, 0.1) is 6.54 Å². The summed E-state index contributed by atoms with van der Waals surface area (Å²) in [5, 5.41) is 7.16. The molecule has 2 aromatic rings. The fourth-order valence-corrected chi connectivity index (χ4v) is 2.96. The Balaban J connectivity index is 1.49. The van der Waals surface area contributed by atoms with Crippen molar-refractivity contribution in [3.05, 3.63) is 48.0 Å². The first kappa shape index (κ1) is 14.8. The molecule has 1 N–H and O–H groups in total. The fraction of sp³-hybridized carbons (Fsp3) is 0.471. The van der Waals surface area contributed by atoms with Crippen molar-refractivity contribution in [2.75, 3.05) is 0 Å². The topological polar surface area (TPSA) is 59.8 Å². The number of amides is 1. The maximum atomic E-state index is 12.1. The molecule has 5 heteroatoms. The zero-order valence-electron chi connectivity index (χ0n) is 12.7. The summed E-state index contributed by atoms with van der Waals surface area (Å²) in [5.74, 6) is 0.437. The molecule has 0 bridgehead atoms. The van der Waals surface area contributed by atoms with Gasteiger partial charge in [-0.3, -0.25) is 4.79 Å². The summed E-state index contributed by atoms with van der Waals surface area (Å²) < 4.78 is 1.79. The normalized spacial score (nSPS) is 15.6. The smallest absolute Gasteiger partial charge is 0.223 e. The molecule has 1 aliphatic carbocycles. The van der Waals surface area contributed by atoms with Gasteiger partial charge in [-0.2, -0.15) is 5.10 Å². The highest BCUT2D eigenvalue weighted by Crippen LogP contribution is 2.23. The van der Waals surface area contributed by atoms with Crippen LogP contribution < -0.4 is 5.32 Å². The van der Waals surface area contributed by atoms with Crippen molar-refractivity contribution >= 4 is 5.91 Å². The molecule has 1 amide bonds. The number of rotatable bonds is 5. The van der Waals surface area contributed by atoms with Crippen LogP contribution in [-0.2, 0) is 17.9 Å². The maximum Gasteiger partial charge on any atom is 0.223 e. The van der Waals surface area contributed by atoms with Gasteiger partial charge in [-0.05, 0) is 24.0 Å². The van der Waals surface area contributed by atoms with E-state index < -0.39 is 0 Å². The van der Waals surface area contributed by atoms with Crippen molar-refractivity contribution in [2.24, 2.45) is 5.92 Å². The standard InChI is InChI=1S/C17H22N4O/c22-17(16-4-2-1-3-5-16)19-10-14-6-8-15(9-7-14)11-21-13-18-12-20-21/h6-9,12-13,16H,1-5,10-11H2,(H,19,22). The summed E-state index contributed by atoms with van der Waals surface area (Å²) in [6, 6.07) is 8.27. The molecule has 0 saturated heterocycles. The third-order valence-electron chi connectivity index (χ3n) is 4.28. The molecule has 1 saturated carbocycles. The SMILES string of the molecule is O=C(NCc1ccc(Cn2cncn2)cc1)C1CCCCC1. The van der Waals surface area contributed by atoms with Gasteiger partial charge in [0, 0.05) is 12.5 Å². The number of nitrogens with one attached hydrogen (secondary N) is 1. The Bertz CT molecular complexity index is 586. The van der Waals surface area contributed by atoms with Gasteiger partial charge in [0.1, 0.15) is 12.7 Å². The molecular weight excluding hydrogens is 276 g/mol. The third-order valence-corrected chi connectivity index (χ3v) is 4.28. The fourth-order valence-electron chi connectivity index (χ4n) is 2.96. The monoisotopic (exact) mass is 298 g/mol. The maximum absolute atomic E-state index is 12.1. The Morgan fingerprint density at radius 2 is 1.86 bits per heavy atom. The molecule has 0 aliphatic heterocycles. The molecule has 5 nitrogen and oxygen atoms in total. The van der Waals surface area contributed by atoms with Gasteiger partial charge in [0.25, 0.3) is 0 Å². The number of carbonyl (C=O) groups is 1. The van der Waals surface area contributed by atoms with E-state index in [1.807, 2.05) is 0 Å². The van der Waals surface area contributed by atoms with Crippen molar-refractivity contribution in [3.63, 3.8) is 0 Å². The largest absolute Gasteiger partial charge is 0.352 e. The van der Waals surface area contributed by atoms with E-state index in [-0.39, 0.29) is 11.8 Å². The average molecular weight is 298 g/mol. The lowest BCUT2D eigenvalue weighted by atomic mass is 9.88. The van der Waals surface area contributed by atoms with Gasteiger partial charge in [0.15, 0.2) is 0 Å². The van der Waals surface area contributed by atoms with Gasteiger partial charge in [0.2, 0.25) is 5.91 Å². The van der Waals surface area contributed by atoms with Gasteiger partial charge in [-0.1, -0.05) is 43.5 Å². The van der Waals surface area contributed by atoms with E-state index in [0.29, 0.717) is 13.1 Å². The van der Waals surface area contributed by atoms with E-state index in [1.54, 1.807) is 11.0 Å². The molecule has 116 valence electrons. The molecule has 0 radical (unpaired) electrons. The molecule has 1 fully saturated rings. The van der Waals surface area contributed by atoms with Crippen molar-refractivity contribution in [2.45, 2.75) is 45.2 Å². The van der Waals surface area contributed by atoms with E-state index in [4.69, 9.17) is 0 Å². The minimum Gasteiger partial charge on any atom is -0.352 e. The zero-order valence-corrected chi connectivity index (χ0v) is 12.7. The summed E-state index contributed by atoms with van der Waals surface area (Å²) in [7, 11) is 0. The van der Waals surface area contributed by atoms with Crippen LogP contribution in [0, 0.1) is 5.92 Å². The van der Waals surface area contributed by atoms with Gasteiger partial charge in [-0.15, -0.1) is 0 Å². The first-order chi connectivity index (χ1) is 10.8. The summed E-state index contributed by atoms with van der Waals surface area (Å²) >= 11 is 0. The first-order valence-corrected chi connectivity index (χ1v) is 7.99. The van der Waals surface area contributed by atoms with Crippen molar-refractivity contribution in [1.29, 1.82) is 0 Å². The summed E-state index contributed by atoms with van der Waals surface area (Å²) in [6.07, 6.45) is 8.99. The van der Waals surface area contributed by atoms with E-state index in [9.17, 15) is 4.79 Å². The highest BCUT2D eigenvalue weighted by atomic mass is 16.1. The Morgan fingerprint density at radius 3 is 2.55 bits per heavy atom. The van der Waals surface area contributed by atoms with Gasteiger partial charge in [-0.25, -0.2) is 9.67 Å². The third kappa shape index (κ3) is 3.93. The minimum absolute atomic E-state index is 0.214. The predicted octanol–water partition coefficient (Wildman–Crippen LogP) is 2.52. The highest BCUT2D eigenvalue weighted by molar-refractivity contribution is 5.78. The number of aromatic nitrogens is 3. The van der Waals surface area contributed by atoms with Crippen molar-refractivity contribution in [3.8, 4) is 0 Å². The van der Waals surface area contributed by atoms with Crippen LogP contribution in [0.3, 0.4) is 0 Å². The molecule has 1 aromatic heterocycles. The summed E-state index contributed by atoms with van der Waals surface area (Å²) in [5.41, 5.74) is 2.30. The van der Waals surface area contributed by atoms with E-state index in [1.165, 1.54) is 31.2 Å². The van der Waals surface area contributed by atoms with Crippen LogP contribution >= 0.6 is 0 Å². The molecule has 1 aliphatic rings. The van der Waals surface area contributed by atoms with Crippen LogP contribution in [0.1, 0.15) is 43.2 Å². The van der Waals surface area contributed by atoms with Crippen LogP contribution in [-0.4, -0.2) is 20.7 Å². The second kappa shape index (κ2) is 7.20. The van der Waals surface area contributed by atoms with E-state index in [0.717, 1.165) is 18.4 Å². The number of carbonyl (C=O) groups excluding carboxylic acids is 1. The number of hydrogen-bond donors (Lipinski definition) is 1. The quantitative estimate of drug-likeness (QED) is 0.922. The molecule has 3 rings (SSSR count). The average Bonchev–Trinajstić information content (AvgIpc) is 3.08. The van der Waals surface area contributed by atoms with Gasteiger partial charge < -0.3 is 5.32 Å². The lowest BCUT2D eigenvalue weighted by molar-refractivity contribution is -0.126. The van der Waals surface area contributed by atoms with Crippen molar-refractivity contribution < 1.29 is 4.79 Å². The Hall–Kier alpha value is -2.17. The van der Waals surface area contributed by atoms with E-state index >= 15 is 0 Å². The zero-order chi connectivity index (χ0) is 15.2. The summed E-state index contributed by atoms with van der Waals surface area (Å²) in [4.78, 5) is 16.1. The Kier molecular flexibility index (Phi) is 4.83. The first-order valence-electron chi connectivity index (χ1n) is 7.99. The number of nitrogens with zero attached hydrogens (tertiary/aromatic N) is 3. The molecule has 1 aromatic carbocycles. The molecule has 0 unspecified atom stereocenters.